The van der Waals surface area contributed by atoms with Gasteiger partial charge in [-0.25, -0.2) is 14.4 Å². The maximum Gasteiger partial charge on any atom is 0.180 e. The molecule has 6 heteroatoms. The van der Waals surface area contributed by atoms with Gasteiger partial charge in [0.25, 0.3) is 0 Å². The zero-order chi connectivity index (χ0) is 20.1. The highest BCUT2D eigenvalue weighted by Gasteiger charge is 2.34. The number of hydrogen-bond donors (Lipinski definition) is 1. The first kappa shape index (κ1) is 19.5. The minimum Gasteiger partial charge on any atom is -0.381 e. The van der Waals surface area contributed by atoms with Crippen molar-refractivity contribution in [2.75, 3.05) is 25.1 Å². The normalized spacial score (nSPS) is 15.8. The Morgan fingerprint density at radius 1 is 1.07 bits per heavy atom. The van der Waals surface area contributed by atoms with Gasteiger partial charge in [0.1, 0.15) is 17.3 Å². The Morgan fingerprint density at radius 2 is 1.93 bits per heavy atom. The van der Waals surface area contributed by atoms with Gasteiger partial charge >= 0.3 is 0 Å². The van der Waals surface area contributed by atoms with Gasteiger partial charge in [0.05, 0.1) is 0 Å². The number of anilines is 1. The molecule has 4 rings (SSSR count). The van der Waals surface area contributed by atoms with E-state index in [1.54, 1.807) is 18.3 Å². The van der Waals surface area contributed by atoms with E-state index in [-0.39, 0.29) is 11.2 Å². The van der Waals surface area contributed by atoms with Crippen molar-refractivity contribution >= 4 is 5.82 Å². The number of hydrogen-bond acceptors (Lipinski definition) is 5. The fourth-order valence-electron chi connectivity index (χ4n) is 3.79. The van der Waals surface area contributed by atoms with Crippen LogP contribution < -0.4 is 5.32 Å². The van der Waals surface area contributed by atoms with Gasteiger partial charge in [-0.1, -0.05) is 25.1 Å². The smallest absolute Gasteiger partial charge is 0.180 e. The highest BCUT2D eigenvalue weighted by molar-refractivity contribution is 5.53. The van der Waals surface area contributed by atoms with Gasteiger partial charge in [-0.05, 0) is 49.1 Å². The minimum absolute atomic E-state index is 0.192. The van der Waals surface area contributed by atoms with Crippen LogP contribution in [0.1, 0.15) is 31.0 Å². The second-order valence-corrected chi connectivity index (χ2v) is 7.39. The minimum atomic E-state index is -0.207. The van der Waals surface area contributed by atoms with Crippen molar-refractivity contribution in [2.24, 2.45) is 0 Å². The molecule has 3 heterocycles. The molecule has 1 N–H and O–H groups in total. The lowest BCUT2D eigenvalue weighted by Crippen LogP contribution is -2.40. The average molecular weight is 392 g/mol. The van der Waals surface area contributed by atoms with Crippen LogP contribution in [0.4, 0.5) is 10.2 Å². The summed E-state index contributed by atoms with van der Waals surface area (Å²) < 4.78 is 19.5. The average Bonchev–Trinajstić information content (AvgIpc) is 2.79. The van der Waals surface area contributed by atoms with Gasteiger partial charge in [0.2, 0.25) is 0 Å². The second-order valence-electron chi connectivity index (χ2n) is 7.39. The number of nitrogens with one attached hydrogen (secondary N) is 1. The van der Waals surface area contributed by atoms with Crippen LogP contribution in [0.5, 0.6) is 0 Å². The molecule has 0 radical (unpaired) electrons. The number of ether oxygens (including phenoxy) is 1. The number of aryl methyl sites for hydroxylation is 1. The highest BCUT2D eigenvalue weighted by atomic mass is 19.1. The molecule has 0 atom stereocenters. The van der Waals surface area contributed by atoms with Crippen molar-refractivity contribution in [1.29, 1.82) is 0 Å². The predicted octanol–water partition coefficient (Wildman–Crippen LogP) is 4.40. The van der Waals surface area contributed by atoms with E-state index < -0.39 is 0 Å². The van der Waals surface area contributed by atoms with E-state index in [1.165, 1.54) is 6.07 Å². The Bertz CT molecular complexity index is 958. The second kappa shape index (κ2) is 8.66. The number of nitrogens with zero attached hydrogens (tertiary/aromatic N) is 3. The Morgan fingerprint density at radius 3 is 2.66 bits per heavy atom. The molecule has 5 nitrogen and oxygen atoms in total. The number of halogens is 1. The van der Waals surface area contributed by atoms with Crippen LogP contribution in [0.2, 0.25) is 0 Å². The van der Waals surface area contributed by atoms with Crippen LogP contribution in [0.15, 0.2) is 54.7 Å². The zero-order valence-electron chi connectivity index (χ0n) is 16.6. The van der Waals surface area contributed by atoms with Crippen molar-refractivity contribution in [3.05, 3.63) is 71.8 Å². The first-order valence-electron chi connectivity index (χ1n) is 10.1. The fraction of sp³-hybridized carbons (Fsp3) is 0.348. The van der Waals surface area contributed by atoms with Crippen molar-refractivity contribution in [2.45, 2.75) is 31.6 Å². The largest absolute Gasteiger partial charge is 0.381 e. The summed E-state index contributed by atoms with van der Waals surface area (Å²) in [5.41, 5.74) is 2.51. The summed E-state index contributed by atoms with van der Waals surface area (Å²) in [5, 5.41) is 3.50. The van der Waals surface area contributed by atoms with E-state index in [0.29, 0.717) is 25.6 Å². The van der Waals surface area contributed by atoms with Crippen LogP contribution in [0.25, 0.3) is 11.5 Å². The van der Waals surface area contributed by atoms with E-state index in [4.69, 9.17) is 4.74 Å². The van der Waals surface area contributed by atoms with Gasteiger partial charge in [-0.15, -0.1) is 0 Å². The molecule has 2 aromatic heterocycles. The summed E-state index contributed by atoms with van der Waals surface area (Å²) in [7, 11) is 0. The van der Waals surface area contributed by atoms with Crippen molar-refractivity contribution in [1.82, 2.24) is 15.0 Å². The Hall–Kier alpha value is -2.86. The first-order chi connectivity index (χ1) is 14.2. The Balaban J connectivity index is 1.62. The topological polar surface area (TPSA) is 59.9 Å². The Labute approximate surface area is 170 Å². The lowest BCUT2D eigenvalue weighted by atomic mass is 9.74. The summed E-state index contributed by atoms with van der Waals surface area (Å²) in [6, 6.07) is 14.6. The Kier molecular flexibility index (Phi) is 5.81. The SMILES string of the molecule is CCc1cc(NCC2(c3cccc(F)c3)CCOCC2)nc(-c2ccccn2)n1. The van der Waals surface area contributed by atoms with Gasteiger partial charge in [-0.3, -0.25) is 4.98 Å². The lowest BCUT2D eigenvalue weighted by Gasteiger charge is -2.38. The number of benzene rings is 1. The van der Waals surface area contributed by atoms with Crippen molar-refractivity contribution < 1.29 is 9.13 Å². The van der Waals surface area contributed by atoms with Crippen LogP contribution in [-0.2, 0) is 16.6 Å². The zero-order valence-corrected chi connectivity index (χ0v) is 16.6. The van der Waals surface area contributed by atoms with Crippen LogP contribution in [0.3, 0.4) is 0 Å². The van der Waals surface area contributed by atoms with Crippen molar-refractivity contribution in [3.8, 4) is 11.5 Å². The molecule has 1 aliphatic rings. The lowest BCUT2D eigenvalue weighted by molar-refractivity contribution is 0.0542. The molecule has 0 saturated carbocycles. The summed E-state index contributed by atoms with van der Waals surface area (Å²) in [4.78, 5) is 13.7. The van der Waals surface area contributed by atoms with E-state index in [0.717, 1.165) is 42.0 Å². The molecule has 29 heavy (non-hydrogen) atoms. The molecule has 1 aromatic carbocycles. The fourth-order valence-corrected chi connectivity index (χ4v) is 3.79. The first-order valence-corrected chi connectivity index (χ1v) is 10.1. The molecular weight excluding hydrogens is 367 g/mol. The van der Waals surface area contributed by atoms with Gasteiger partial charge < -0.3 is 10.1 Å². The van der Waals surface area contributed by atoms with Gasteiger partial charge in [0.15, 0.2) is 5.82 Å². The highest BCUT2D eigenvalue weighted by Crippen LogP contribution is 2.35. The van der Waals surface area contributed by atoms with E-state index >= 15 is 0 Å². The third kappa shape index (κ3) is 4.43. The molecule has 1 aliphatic heterocycles. The molecule has 0 bridgehead atoms. The molecule has 150 valence electrons. The molecule has 0 amide bonds. The maximum atomic E-state index is 13.9. The third-order valence-electron chi connectivity index (χ3n) is 5.53. The van der Waals surface area contributed by atoms with E-state index in [9.17, 15) is 4.39 Å². The predicted molar refractivity (Wildman–Crippen MR) is 111 cm³/mol. The van der Waals surface area contributed by atoms with Gasteiger partial charge in [0, 0.05) is 43.1 Å². The van der Waals surface area contributed by atoms with E-state index in [1.807, 2.05) is 30.3 Å². The monoisotopic (exact) mass is 392 g/mol. The number of rotatable bonds is 6. The summed E-state index contributed by atoms with van der Waals surface area (Å²) in [6.07, 6.45) is 4.22. The van der Waals surface area contributed by atoms with Crippen LogP contribution in [0, 0.1) is 5.82 Å². The molecule has 0 aliphatic carbocycles. The summed E-state index contributed by atoms with van der Waals surface area (Å²) in [6.45, 7) is 4.06. The number of pyridine rings is 1. The molecule has 0 unspecified atom stereocenters. The summed E-state index contributed by atoms with van der Waals surface area (Å²) in [5.74, 6) is 1.17. The van der Waals surface area contributed by atoms with Crippen LogP contribution >= 0.6 is 0 Å². The molecule has 3 aromatic rings. The molecular formula is C23H25FN4O. The van der Waals surface area contributed by atoms with Crippen LogP contribution in [-0.4, -0.2) is 34.7 Å². The number of aromatic nitrogens is 3. The molecule has 1 fully saturated rings. The molecule has 0 spiro atoms. The van der Waals surface area contributed by atoms with Gasteiger partial charge in [-0.2, -0.15) is 0 Å². The van der Waals surface area contributed by atoms with E-state index in [2.05, 4.69) is 27.2 Å². The standard InChI is InChI=1S/C23H25FN4O/c1-2-19-15-21(28-22(27-19)20-8-3-4-11-25-20)26-16-23(9-12-29-13-10-23)17-6-5-7-18(24)14-17/h3-8,11,14-15H,2,9-10,12-13,16H2,1H3,(H,26,27,28). The third-order valence-corrected chi connectivity index (χ3v) is 5.53. The molecule has 1 saturated heterocycles. The summed E-state index contributed by atoms with van der Waals surface area (Å²) >= 11 is 0. The van der Waals surface area contributed by atoms with Crippen molar-refractivity contribution in [3.63, 3.8) is 0 Å². The maximum absolute atomic E-state index is 13.9. The quantitative estimate of drug-likeness (QED) is 0.674.